The summed E-state index contributed by atoms with van der Waals surface area (Å²) in [6.45, 7) is 2.48. The smallest absolute Gasteiger partial charge is 0.223 e. The summed E-state index contributed by atoms with van der Waals surface area (Å²) in [7, 11) is 0. The van der Waals surface area contributed by atoms with Gasteiger partial charge in [0, 0.05) is 29.7 Å². The lowest BCUT2D eigenvalue weighted by Gasteiger charge is -2.22. The van der Waals surface area contributed by atoms with Crippen LogP contribution in [0.2, 0.25) is 5.02 Å². The van der Waals surface area contributed by atoms with Crippen LogP contribution in [0.25, 0.3) is 11.3 Å². The van der Waals surface area contributed by atoms with Crippen LogP contribution < -0.4 is 10.6 Å². The molecule has 2 N–H and O–H groups in total. The number of amides is 1. The average Bonchev–Trinajstić information content (AvgIpc) is 3.03. The van der Waals surface area contributed by atoms with Gasteiger partial charge in [-0.05, 0) is 12.1 Å². The summed E-state index contributed by atoms with van der Waals surface area (Å²) in [5.74, 6) is 0.524. The minimum absolute atomic E-state index is 0.0690. The Hall–Kier alpha value is -1.89. The Balaban J connectivity index is 1.52. The fourth-order valence-electron chi connectivity index (χ4n) is 2.40. The third kappa shape index (κ3) is 4.54. The van der Waals surface area contributed by atoms with E-state index >= 15 is 0 Å². The summed E-state index contributed by atoms with van der Waals surface area (Å²) in [6.07, 6.45) is 0.267. The average molecular weight is 336 g/mol. The lowest BCUT2D eigenvalue weighted by Crippen LogP contribution is -2.41. The molecule has 3 rings (SSSR count). The number of rotatable bonds is 5. The molecule has 1 saturated heterocycles. The van der Waals surface area contributed by atoms with Crippen molar-refractivity contribution in [3.63, 3.8) is 0 Å². The highest BCUT2D eigenvalue weighted by molar-refractivity contribution is 6.30. The monoisotopic (exact) mass is 335 g/mol. The first-order valence-electron chi connectivity index (χ1n) is 7.51. The summed E-state index contributed by atoms with van der Waals surface area (Å²) in [5, 5.41) is 10.7. The largest absolute Gasteiger partial charge is 0.375 e. The van der Waals surface area contributed by atoms with Gasteiger partial charge in [-0.25, -0.2) is 0 Å². The molecule has 0 radical (unpaired) electrons. The van der Waals surface area contributed by atoms with E-state index in [4.69, 9.17) is 20.9 Å². The number of benzene rings is 1. The van der Waals surface area contributed by atoms with Crippen LogP contribution in [-0.2, 0) is 16.1 Å². The first kappa shape index (κ1) is 16.0. The van der Waals surface area contributed by atoms with Gasteiger partial charge in [-0.2, -0.15) is 0 Å². The van der Waals surface area contributed by atoms with Crippen LogP contribution in [0.5, 0.6) is 0 Å². The highest BCUT2D eigenvalue weighted by atomic mass is 35.5. The van der Waals surface area contributed by atoms with Crippen LogP contribution in [0.1, 0.15) is 12.2 Å². The second-order valence-electron chi connectivity index (χ2n) is 5.37. The molecule has 0 saturated carbocycles. The van der Waals surface area contributed by atoms with Crippen molar-refractivity contribution in [1.29, 1.82) is 0 Å². The maximum Gasteiger partial charge on any atom is 0.223 e. The molecular formula is C16H18ClN3O3. The molecule has 1 aliphatic heterocycles. The molecule has 0 spiro atoms. The molecule has 1 aliphatic rings. The van der Waals surface area contributed by atoms with E-state index in [9.17, 15) is 4.79 Å². The summed E-state index contributed by atoms with van der Waals surface area (Å²) in [4.78, 5) is 11.9. The molecule has 1 amide bonds. The van der Waals surface area contributed by atoms with Crippen LogP contribution in [0, 0.1) is 0 Å². The SMILES string of the molecule is O=C(C[C@@H]1CNCCO1)NCc1cc(-c2cccc(Cl)c2)no1. The number of morpholine rings is 1. The molecule has 1 fully saturated rings. The van der Waals surface area contributed by atoms with E-state index in [0.717, 1.165) is 12.1 Å². The molecule has 0 unspecified atom stereocenters. The molecule has 0 bridgehead atoms. The topological polar surface area (TPSA) is 76.4 Å². The maximum absolute atomic E-state index is 11.9. The van der Waals surface area contributed by atoms with Gasteiger partial charge in [0.05, 0.1) is 25.7 Å². The first-order chi connectivity index (χ1) is 11.2. The fraction of sp³-hybridized carbons (Fsp3) is 0.375. The summed E-state index contributed by atoms with van der Waals surface area (Å²) in [5.41, 5.74) is 1.57. The maximum atomic E-state index is 11.9. The molecule has 2 heterocycles. The van der Waals surface area contributed by atoms with Crippen molar-refractivity contribution in [1.82, 2.24) is 15.8 Å². The van der Waals surface area contributed by atoms with Gasteiger partial charge in [0.15, 0.2) is 5.76 Å². The summed E-state index contributed by atoms with van der Waals surface area (Å²) < 4.78 is 10.8. The number of carbonyl (C=O) groups excluding carboxylic acids is 1. The van der Waals surface area contributed by atoms with E-state index < -0.39 is 0 Å². The van der Waals surface area contributed by atoms with Crippen LogP contribution in [0.4, 0.5) is 0 Å². The van der Waals surface area contributed by atoms with Crippen molar-refractivity contribution in [2.75, 3.05) is 19.7 Å². The van der Waals surface area contributed by atoms with Crippen LogP contribution in [-0.4, -0.2) is 36.9 Å². The Morgan fingerprint density at radius 3 is 3.13 bits per heavy atom. The van der Waals surface area contributed by atoms with E-state index in [1.54, 1.807) is 12.1 Å². The van der Waals surface area contributed by atoms with E-state index in [-0.39, 0.29) is 12.0 Å². The van der Waals surface area contributed by atoms with E-state index in [2.05, 4.69) is 15.8 Å². The highest BCUT2D eigenvalue weighted by Crippen LogP contribution is 2.22. The van der Waals surface area contributed by atoms with Gasteiger partial charge in [-0.15, -0.1) is 0 Å². The number of carbonyl (C=O) groups is 1. The third-order valence-corrected chi connectivity index (χ3v) is 3.79. The Kier molecular flexibility index (Phi) is 5.27. The van der Waals surface area contributed by atoms with Crippen molar-refractivity contribution in [3.8, 4) is 11.3 Å². The Bertz CT molecular complexity index is 668. The molecular weight excluding hydrogens is 318 g/mol. The number of nitrogens with one attached hydrogen (secondary N) is 2. The van der Waals surface area contributed by atoms with Crippen LogP contribution >= 0.6 is 11.6 Å². The Labute approximate surface area is 139 Å². The molecule has 1 aromatic carbocycles. The molecule has 0 aliphatic carbocycles. The first-order valence-corrected chi connectivity index (χ1v) is 7.89. The van der Waals surface area contributed by atoms with Crippen molar-refractivity contribution < 1.29 is 14.1 Å². The molecule has 1 atom stereocenters. The van der Waals surface area contributed by atoms with Crippen molar-refractivity contribution in [2.24, 2.45) is 0 Å². The number of hydrogen-bond donors (Lipinski definition) is 2. The second kappa shape index (κ2) is 7.59. The fourth-order valence-corrected chi connectivity index (χ4v) is 2.59. The minimum atomic E-state index is -0.0700. The van der Waals surface area contributed by atoms with Gasteiger partial charge in [0.1, 0.15) is 5.69 Å². The quantitative estimate of drug-likeness (QED) is 0.874. The zero-order chi connectivity index (χ0) is 16.1. The predicted molar refractivity (Wildman–Crippen MR) is 86.0 cm³/mol. The van der Waals surface area contributed by atoms with Crippen molar-refractivity contribution in [3.05, 3.63) is 41.1 Å². The van der Waals surface area contributed by atoms with Gasteiger partial charge in [0.2, 0.25) is 5.91 Å². The summed E-state index contributed by atoms with van der Waals surface area (Å²) >= 11 is 5.96. The minimum Gasteiger partial charge on any atom is -0.375 e. The molecule has 7 heteroatoms. The van der Waals surface area contributed by atoms with Gasteiger partial charge in [-0.3, -0.25) is 4.79 Å². The number of nitrogens with zero attached hydrogens (tertiary/aromatic N) is 1. The Morgan fingerprint density at radius 2 is 2.35 bits per heavy atom. The normalized spacial score (nSPS) is 17.9. The third-order valence-electron chi connectivity index (χ3n) is 3.56. The zero-order valence-electron chi connectivity index (χ0n) is 12.5. The van der Waals surface area contributed by atoms with Crippen molar-refractivity contribution >= 4 is 17.5 Å². The number of ether oxygens (including phenoxy) is 1. The number of aromatic nitrogens is 1. The zero-order valence-corrected chi connectivity index (χ0v) is 13.3. The Morgan fingerprint density at radius 1 is 1.43 bits per heavy atom. The lowest BCUT2D eigenvalue weighted by atomic mass is 10.1. The van der Waals surface area contributed by atoms with Crippen molar-refractivity contribution in [2.45, 2.75) is 19.1 Å². The molecule has 6 nitrogen and oxygen atoms in total. The standard InChI is InChI=1S/C16H18ClN3O3/c17-12-3-1-2-11(6-12)15-7-14(23-20-15)10-19-16(21)8-13-9-18-4-5-22-13/h1-3,6-7,13,18H,4-5,8-10H2,(H,19,21)/t13-/m1/s1. The molecule has 122 valence electrons. The van der Waals surface area contributed by atoms with E-state index in [1.165, 1.54) is 0 Å². The highest BCUT2D eigenvalue weighted by Gasteiger charge is 2.17. The molecule has 2 aromatic rings. The van der Waals surface area contributed by atoms with E-state index in [0.29, 0.717) is 42.6 Å². The van der Waals surface area contributed by atoms with Gasteiger partial charge in [0.25, 0.3) is 0 Å². The van der Waals surface area contributed by atoms with Gasteiger partial charge < -0.3 is 19.9 Å². The lowest BCUT2D eigenvalue weighted by molar-refractivity contribution is -0.124. The van der Waals surface area contributed by atoms with E-state index in [1.807, 2.05) is 18.2 Å². The second-order valence-corrected chi connectivity index (χ2v) is 5.80. The molecule has 1 aromatic heterocycles. The molecule has 23 heavy (non-hydrogen) atoms. The van der Waals surface area contributed by atoms with Crippen LogP contribution in [0.15, 0.2) is 34.9 Å². The van der Waals surface area contributed by atoms with Gasteiger partial charge >= 0.3 is 0 Å². The predicted octanol–water partition coefficient (Wildman–Crippen LogP) is 1.99. The number of halogens is 1. The van der Waals surface area contributed by atoms with Gasteiger partial charge in [-0.1, -0.05) is 28.9 Å². The van der Waals surface area contributed by atoms with Crippen LogP contribution in [0.3, 0.4) is 0 Å². The summed E-state index contributed by atoms with van der Waals surface area (Å²) in [6, 6.07) is 9.17. The number of hydrogen-bond acceptors (Lipinski definition) is 5.